The van der Waals surface area contributed by atoms with Gasteiger partial charge in [-0.2, -0.15) is 0 Å². The van der Waals surface area contributed by atoms with Gasteiger partial charge in [0, 0.05) is 16.1 Å². The second-order valence-corrected chi connectivity index (χ2v) is 5.74. The summed E-state index contributed by atoms with van der Waals surface area (Å²) in [6.07, 6.45) is 0. The van der Waals surface area contributed by atoms with Gasteiger partial charge in [-0.05, 0) is 44.2 Å². The van der Waals surface area contributed by atoms with Crippen molar-refractivity contribution in [2.45, 2.75) is 26.8 Å². The molecule has 0 saturated heterocycles. The van der Waals surface area contributed by atoms with Gasteiger partial charge in [-0.1, -0.05) is 47.1 Å². The Kier molecular flexibility index (Phi) is 5.21. The van der Waals surface area contributed by atoms with Crippen LogP contribution in [0.4, 0.5) is 0 Å². The number of aryl methyl sites for hydroxylation is 1. The van der Waals surface area contributed by atoms with E-state index in [4.69, 9.17) is 4.74 Å². The van der Waals surface area contributed by atoms with Crippen molar-refractivity contribution >= 4 is 15.9 Å². The molecule has 0 aliphatic rings. The molecule has 1 N–H and O–H groups in total. The van der Waals surface area contributed by atoms with E-state index in [0.29, 0.717) is 0 Å². The number of nitrogens with one attached hydrogen (secondary N) is 1. The van der Waals surface area contributed by atoms with Gasteiger partial charge in [-0.3, -0.25) is 0 Å². The van der Waals surface area contributed by atoms with Gasteiger partial charge in [0.1, 0.15) is 11.5 Å². The molecule has 2 rings (SSSR count). The largest absolute Gasteiger partial charge is 0.457 e. The van der Waals surface area contributed by atoms with Crippen LogP contribution in [0.25, 0.3) is 0 Å². The van der Waals surface area contributed by atoms with Crippen LogP contribution in [0, 0.1) is 6.92 Å². The van der Waals surface area contributed by atoms with Crippen LogP contribution in [0.15, 0.2) is 46.9 Å². The molecule has 3 heteroatoms. The highest BCUT2D eigenvalue weighted by Crippen LogP contribution is 2.33. The van der Waals surface area contributed by atoms with E-state index >= 15 is 0 Å². The van der Waals surface area contributed by atoms with Crippen LogP contribution in [0.1, 0.15) is 31.0 Å². The van der Waals surface area contributed by atoms with Crippen LogP contribution in [0.5, 0.6) is 11.5 Å². The van der Waals surface area contributed by atoms with Gasteiger partial charge in [0.25, 0.3) is 0 Å². The molecular formula is C17H20BrNO. The SMILES string of the molecule is CCNC(C)c1ccc(Br)cc1Oc1ccccc1C. The highest BCUT2D eigenvalue weighted by molar-refractivity contribution is 9.10. The molecule has 106 valence electrons. The lowest BCUT2D eigenvalue weighted by molar-refractivity contribution is 0.459. The first-order chi connectivity index (χ1) is 9.61. The number of ether oxygens (including phenoxy) is 1. The van der Waals surface area contributed by atoms with E-state index in [2.05, 4.69) is 54.2 Å². The van der Waals surface area contributed by atoms with E-state index in [1.165, 1.54) is 5.56 Å². The van der Waals surface area contributed by atoms with E-state index in [1.54, 1.807) is 0 Å². The summed E-state index contributed by atoms with van der Waals surface area (Å²) < 4.78 is 7.14. The topological polar surface area (TPSA) is 21.3 Å². The van der Waals surface area contributed by atoms with Crippen LogP contribution in [-0.4, -0.2) is 6.54 Å². The molecular weight excluding hydrogens is 314 g/mol. The third kappa shape index (κ3) is 3.62. The highest BCUT2D eigenvalue weighted by Gasteiger charge is 2.12. The molecule has 0 spiro atoms. The molecule has 2 aromatic rings. The minimum absolute atomic E-state index is 0.257. The number of rotatable bonds is 5. The number of benzene rings is 2. The molecule has 0 radical (unpaired) electrons. The number of halogens is 1. The summed E-state index contributed by atoms with van der Waals surface area (Å²) in [7, 11) is 0. The van der Waals surface area contributed by atoms with Crippen LogP contribution >= 0.6 is 15.9 Å². The predicted molar refractivity (Wildman–Crippen MR) is 87.5 cm³/mol. The average molecular weight is 334 g/mol. The van der Waals surface area contributed by atoms with E-state index < -0.39 is 0 Å². The lowest BCUT2D eigenvalue weighted by Crippen LogP contribution is -2.18. The summed E-state index contributed by atoms with van der Waals surface area (Å²) in [5, 5.41) is 3.43. The normalized spacial score (nSPS) is 12.2. The van der Waals surface area contributed by atoms with Gasteiger partial charge in [0.15, 0.2) is 0 Å². The Balaban J connectivity index is 2.35. The predicted octanol–water partition coefficient (Wildman–Crippen LogP) is 5.22. The molecule has 20 heavy (non-hydrogen) atoms. The summed E-state index contributed by atoms with van der Waals surface area (Å²) in [5.74, 6) is 1.79. The van der Waals surface area contributed by atoms with Crippen LogP contribution in [0.3, 0.4) is 0 Å². The Labute approximate surface area is 129 Å². The van der Waals surface area contributed by atoms with Crippen molar-refractivity contribution in [3.05, 3.63) is 58.1 Å². The zero-order chi connectivity index (χ0) is 14.5. The molecule has 0 aromatic heterocycles. The summed E-state index contributed by atoms with van der Waals surface area (Å²) >= 11 is 3.52. The van der Waals surface area contributed by atoms with Crippen LogP contribution in [0.2, 0.25) is 0 Å². The molecule has 2 aromatic carbocycles. The average Bonchev–Trinajstić information content (AvgIpc) is 2.42. The monoisotopic (exact) mass is 333 g/mol. The summed E-state index contributed by atoms with van der Waals surface area (Å²) in [4.78, 5) is 0. The Morgan fingerprint density at radius 3 is 2.60 bits per heavy atom. The standard InChI is InChI=1S/C17H20BrNO/c1-4-19-13(3)15-10-9-14(18)11-17(15)20-16-8-6-5-7-12(16)2/h5-11,13,19H,4H2,1-3H3. The Morgan fingerprint density at radius 2 is 1.90 bits per heavy atom. The van der Waals surface area contributed by atoms with Crippen molar-refractivity contribution < 1.29 is 4.74 Å². The fraction of sp³-hybridized carbons (Fsp3) is 0.294. The molecule has 0 saturated carbocycles. The zero-order valence-corrected chi connectivity index (χ0v) is 13.7. The van der Waals surface area contributed by atoms with Crippen LogP contribution < -0.4 is 10.1 Å². The van der Waals surface area contributed by atoms with E-state index in [-0.39, 0.29) is 6.04 Å². The molecule has 1 unspecified atom stereocenters. The maximum absolute atomic E-state index is 6.12. The van der Waals surface area contributed by atoms with Gasteiger partial charge in [0.2, 0.25) is 0 Å². The molecule has 2 nitrogen and oxygen atoms in total. The number of hydrogen-bond donors (Lipinski definition) is 1. The van der Waals surface area contributed by atoms with Gasteiger partial charge in [-0.25, -0.2) is 0 Å². The quantitative estimate of drug-likeness (QED) is 0.809. The zero-order valence-electron chi connectivity index (χ0n) is 12.1. The maximum Gasteiger partial charge on any atom is 0.133 e. The Bertz CT molecular complexity index is 583. The minimum Gasteiger partial charge on any atom is -0.457 e. The van der Waals surface area contributed by atoms with Crippen molar-refractivity contribution in [2.24, 2.45) is 0 Å². The summed E-state index contributed by atoms with van der Waals surface area (Å²) in [6.45, 7) is 7.25. The fourth-order valence-corrected chi connectivity index (χ4v) is 2.50. The first kappa shape index (κ1) is 15.1. The van der Waals surface area contributed by atoms with Crippen molar-refractivity contribution in [2.75, 3.05) is 6.54 Å². The van der Waals surface area contributed by atoms with Crippen LogP contribution in [-0.2, 0) is 0 Å². The lowest BCUT2D eigenvalue weighted by atomic mass is 10.1. The van der Waals surface area contributed by atoms with E-state index in [0.717, 1.165) is 28.1 Å². The van der Waals surface area contributed by atoms with Gasteiger partial charge < -0.3 is 10.1 Å². The third-order valence-electron chi connectivity index (χ3n) is 3.27. The van der Waals surface area contributed by atoms with Crippen molar-refractivity contribution in [1.29, 1.82) is 0 Å². The van der Waals surface area contributed by atoms with Gasteiger partial charge >= 0.3 is 0 Å². The molecule has 0 heterocycles. The van der Waals surface area contributed by atoms with Crippen molar-refractivity contribution in [3.8, 4) is 11.5 Å². The van der Waals surface area contributed by atoms with Gasteiger partial charge in [0.05, 0.1) is 0 Å². The molecule has 1 atom stereocenters. The second-order valence-electron chi connectivity index (χ2n) is 4.83. The minimum atomic E-state index is 0.257. The Hall–Kier alpha value is -1.32. The molecule has 0 aliphatic carbocycles. The molecule has 0 fully saturated rings. The highest BCUT2D eigenvalue weighted by atomic mass is 79.9. The molecule has 0 amide bonds. The molecule has 0 aliphatic heterocycles. The van der Waals surface area contributed by atoms with E-state index in [1.807, 2.05) is 30.3 Å². The Morgan fingerprint density at radius 1 is 1.15 bits per heavy atom. The number of para-hydroxylation sites is 1. The number of hydrogen-bond acceptors (Lipinski definition) is 2. The van der Waals surface area contributed by atoms with Crippen molar-refractivity contribution in [3.63, 3.8) is 0 Å². The van der Waals surface area contributed by atoms with E-state index in [9.17, 15) is 0 Å². The van der Waals surface area contributed by atoms with Crippen molar-refractivity contribution in [1.82, 2.24) is 5.32 Å². The molecule has 0 bridgehead atoms. The lowest BCUT2D eigenvalue weighted by Gasteiger charge is -2.18. The summed E-state index contributed by atoms with van der Waals surface area (Å²) in [6, 6.07) is 14.5. The summed E-state index contributed by atoms with van der Waals surface area (Å²) in [5.41, 5.74) is 2.30. The smallest absolute Gasteiger partial charge is 0.133 e. The third-order valence-corrected chi connectivity index (χ3v) is 3.76. The second kappa shape index (κ2) is 6.91. The first-order valence-electron chi connectivity index (χ1n) is 6.88. The van der Waals surface area contributed by atoms with Gasteiger partial charge in [-0.15, -0.1) is 0 Å². The maximum atomic E-state index is 6.12. The fourth-order valence-electron chi connectivity index (χ4n) is 2.16. The first-order valence-corrected chi connectivity index (χ1v) is 7.67.